The molecule has 3 fully saturated rings. The van der Waals surface area contributed by atoms with Crippen molar-refractivity contribution in [3.63, 3.8) is 0 Å². The Kier molecular flexibility index (Phi) is 4.02. The molecule has 0 unspecified atom stereocenters. The number of thiocarbonyl (C=S) groups is 1. The normalized spacial score (nSPS) is 48.5. The standard InChI is InChI=1S/C20H31N3S/c1-19-11-4-3-5-13(19)6-7-14-15-8-9-17(22-23-18(21)24)20(15,2)12-10-16(14)19/h3-4,13-16H,5-12H2,1-2H3,(H3,21,23,24)/b22-17+/t13-,14+,15-,16-,19+,20+/m1/s1. The number of hydrogen-bond acceptors (Lipinski definition) is 2. The molecule has 0 spiro atoms. The summed E-state index contributed by atoms with van der Waals surface area (Å²) in [5.41, 5.74) is 10.6. The third-order valence-electron chi connectivity index (χ3n) is 8.25. The Balaban J connectivity index is 1.60. The lowest BCUT2D eigenvalue weighted by Gasteiger charge is -2.59. The van der Waals surface area contributed by atoms with Gasteiger partial charge in [-0.05, 0) is 92.7 Å². The van der Waals surface area contributed by atoms with Crippen LogP contribution in [0.3, 0.4) is 0 Å². The molecule has 0 amide bonds. The van der Waals surface area contributed by atoms with E-state index in [1.807, 2.05) is 0 Å². The van der Waals surface area contributed by atoms with Gasteiger partial charge in [0.05, 0.1) is 0 Å². The highest BCUT2D eigenvalue weighted by Crippen LogP contribution is 2.64. The first-order valence-corrected chi connectivity index (χ1v) is 10.1. The zero-order chi connectivity index (χ0) is 16.9. The molecule has 4 aliphatic rings. The molecule has 4 heteroatoms. The summed E-state index contributed by atoms with van der Waals surface area (Å²) in [5, 5.41) is 4.89. The second kappa shape index (κ2) is 5.82. The minimum Gasteiger partial charge on any atom is -0.375 e. The molecule has 0 aromatic heterocycles. The highest BCUT2D eigenvalue weighted by molar-refractivity contribution is 7.80. The monoisotopic (exact) mass is 345 g/mol. The molecule has 3 nitrogen and oxygen atoms in total. The lowest BCUT2D eigenvalue weighted by atomic mass is 9.46. The molecule has 24 heavy (non-hydrogen) atoms. The molecule has 4 aliphatic carbocycles. The van der Waals surface area contributed by atoms with Gasteiger partial charge >= 0.3 is 0 Å². The number of hydrogen-bond donors (Lipinski definition) is 2. The lowest BCUT2D eigenvalue weighted by Crippen LogP contribution is -2.52. The summed E-state index contributed by atoms with van der Waals surface area (Å²) in [6, 6.07) is 0. The molecule has 0 radical (unpaired) electrons. The minimum atomic E-state index is 0.257. The van der Waals surface area contributed by atoms with Crippen LogP contribution in [0.25, 0.3) is 0 Å². The van der Waals surface area contributed by atoms with Crippen molar-refractivity contribution < 1.29 is 0 Å². The molecule has 3 N–H and O–H groups in total. The van der Waals surface area contributed by atoms with Crippen LogP contribution in [0.4, 0.5) is 0 Å². The van der Waals surface area contributed by atoms with Crippen LogP contribution in [0.2, 0.25) is 0 Å². The number of nitrogens with one attached hydrogen (secondary N) is 1. The molecule has 0 saturated heterocycles. The third-order valence-corrected chi connectivity index (χ3v) is 8.34. The molecule has 0 aromatic carbocycles. The summed E-state index contributed by atoms with van der Waals surface area (Å²) in [4.78, 5) is 0. The van der Waals surface area contributed by atoms with E-state index in [0.717, 1.165) is 30.1 Å². The van der Waals surface area contributed by atoms with Crippen molar-refractivity contribution in [3.05, 3.63) is 12.2 Å². The van der Waals surface area contributed by atoms with Crippen molar-refractivity contribution in [1.29, 1.82) is 0 Å². The van der Waals surface area contributed by atoms with Gasteiger partial charge < -0.3 is 5.73 Å². The smallest absolute Gasteiger partial charge is 0.184 e. The van der Waals surface area contributed by atoms with Crippen molar-refractivity contribution >= 4 is 23.0 Å². The molecule has 0 aliphatic heterocycles. The van der Waals surface area contributed by atoms with Crippen molar-refractivity contribution in [2.75, 3.05) is 0 Å². The van der Waals surface area contributed by atoms with Gasteiger partial charge in [0, 0.05) is 11.1 Å². The molecule has 4 rings (SSSR count). The SMILES string of the molecule is C[C@]12CC=CC[C@@H]1CC[C@@H]1[C@H]2CC[C@]2(C)/C(=N/NC(N)=S)CC[C@H]12. The first kappa shape index (κ1) is 16.6. The molecule has 0 heterocycles. The zero-order valence-corrected chi connectivity index (χ0v) is 15.9. The van der Waals surface area contributed by atoms with Gasteiger partial charge in [-0.3, -0.25) is 5.43 Å². The van der Waals surface area contributed by atoms with E-state index >= 15 is 0 Å². The van der Waals surface area contributed by atoms with E-state index < -0.39 is 0 Å². The Morgan fingerprint density at radius 2 is 2.04 bits per heavy atom. The van der Waals surface area contributed by atoms with E-state index in [2.05, 4.69) is 36.5 Å². The predicted molar refractivity (Wildman–Crippen MR) is 104 cm³/mol. The van der Waals surface area contributed by atoms with E-state index in [1.54, 1.807) is 0 Å². The maximum atomic E-state index is 5.59. The van der Waals surface area contributed by atoms with Crippen LogP contribution < -0.4 is 11.2 Å². The molecule has 6 atom stereocenters. The summed E-state index contributed by atoms with van der Waals surface area (Å²) in [6.07, 6.45) is 15.4. The summed E-state index contributed by atoms with van der Waals surface area (Å²) >= 11 is 4.94. The first-order valence-electron chi connectivity index (χ1n) is 9.72. The van der Waals surface area contributed by atoms with Crippen molar-refractivity contribution in [2.45, 2.75) is 65.2 Å². The fraction of sp³-hybridized carbons (Fsp3) is 0.800. The largest absolute Gasteiger partial charge is 0.375 e. The quantitative estimate of drug-likeness (QED) is 0.421. The number of nitrogens with two attached hydrogens (primary N) is 1. The van der Waals surface area contributed by atoms with Gasteiger partial charge in [0.1, 0.15) is 0 Å². The molecular formula is C20H31N3S. The second-order valence-electron chi connectivity index (χ2n) is 9.10. The Morgan fingerprint density at radius 1 is 1.21 bits per heavy atom. The Morgan fingerprint density at radius 3 is 2.83 bits per heavy atom. The topological polar surface area (TPSA) is 50.4 Å². The number of nitrogens with zero attached hydrogens (tertiary/aromatic N) is 1. The van der Waals surface area contributed by atoms with Crippen LogP contribution in [-0.2, 0) is 0 Å². The zero-order valence-electron chi connectivity index (χ0n) is 15.1. The minimum absolute atomic E-state index is 0.257. The maximum absolute atomic E-state index is 5.59. The van der Waals surface area contributed by atoms with Gasteiger partial charge in [0.2, 0.25) is 0 Å². The van der Waals surface area contributed by atoms with E-state index in [-0.39, 0.29) is 10.5 Å². The third kappa shape index (κ3) is 2.36. The van der Waals surface area contributed by atoms with Gasteiger partial charge in [-0.2, -0.15) is 5.10 Å². The van der Waals surface area contributed by atoms with Crippen LogP contribution in [0.5, 0.6) is 0 Å². The van der Waals surface area contributed by atoms with Gasteiger partial charge in [-0.1, -0.05) is 26.0 Å². The Hall–Kier alpha value is -0.900. The van der Waals surface area contributed by atoms with Crippen molar-refractivity contribution in [3.8, 4) is 0 Å². The number of rotatable bonds is 1. The predicted octanol–water partition coefficient (Wildman–Crippen LogP) is 4.38. The van der Waals surface area contributed by atoms with Gasteiger partial charge in [0.25, 0.3) is 0 Å². The number of hydrazone groups is 1. The fourth-order valence-electron chi connectivity index (χ4n) is 6.93. The van der Waals surface area contributed by atoms with Gasteiger partial charge in [0.15, 0.2) is 5.11 Å². The van der Waals surface area contributed by atoms with Crippen LogP contribution in [0.1, 0.15) is 65.2 Å². The second-order valence-corrected chi connectivity index (χ2v) is 9.54. The average molecular weight is 346 g/mol. The van der Waals surface area contributed by atoms with Gasteiger partial charge in [-0.15, -0.1) is 0 Å². The van der Waals surface area contributed by atoms with Crippen LogP contribution in [0.15, 0.2) is 17.3 Å². The van der Waals surface area contributed by atoms with Gasteiger partial charge in [-0.25, -0.2) is 0 Å². The van der Waals surface area contributed by atoms with Crippen LogP contribution in [-0.4, -0.2) is 10.8 Å². The maximum Gasteiger partial charge on any atom is 0.184 e. The van der Waals surface area contributed by atoms with Crippen molar-refractivity contribution in [1.82, 2.24) is 5.43 Å². The lowest BCUT2D eigenvalue weighted by molar-refractivity contribution is -0.0761. The summed E-state index contributed by atoms with van der Waals surface area (Å²) in [5.74, 6) is 3.50. The molecular weight excluding hydrogens is 314 g/mol. The number of allylic oxidation sites excluding steroid dienone is 2. The Bertz CT molecular complexity index is 598. The molecule has 0 bridgehead atoms. The average Bonchev–Trinajstić information content (AvgIpc) is 2.89. The van der Waals surface area contributed by atoms with Crippen LogP contribution >= 0.6 is 12.2 Å². The van der Waals surface area contributed by atoms with E-state index in [9.17, 15) is 0 Å². The summed E-state index contributed by atoms with van der Waals surface area (Å²) in [7, 11) is 0. The van der Waals surface area contributed by atoms with E-state index in [1.165, 1.54) is 50.7 Å². The highest BCUT2D eigenvalue weighted by atomic mass is 32.1. The molecule has 0 aromatic rings. The van der Waals surface area contributed by atoms with E-state index in [4.69, 9.17) is 18.0 Å². The fourth-order valence-corrected chi connectivity index (χ4v) is 6.98. The van der Waals surface area contributed by atoms with Crippen molar-refractivity contribution in [2.24, 2.45) is 45.3 Å². The molecule has 3 saturated carbocycles. The first-order chi connectivity index (χ1) is 11.4. The van der Waals surface area contributed by atoms with Crippen LogP contribution in [0, 0.1) is 34.5 Å². The summed E-state index contributed by atoms with van der Waals surface area (Å²) in [6.45, 7) is 5.05. The number of fused-ring (bicyclic) bond motifs is 5. The summed E-state index contributed by atoms with van der Waals surface area (Å²) < 4.78 is 0. The van der Waals surface area contributed by atoms with E-state index in [0.29, 0.717) is 5.41 Å². The molecule has 132 valence electrons. The Labute approximate surface area is 151 Å². The highest BCUT2D eigenvalue weighted by Gasteiger charge is 2.58.